The lowest BCUT2D eigenvalue weighted by Gasteiger charge is -2.19. The SMILES string of the molecule is NNC(CCc1cccs1)CC1CCCC1. The number of thiophene rings is 1. The van der Waals surface area contributed by atoms with E-state index in [1.165, 1.54) is 49.8 Å². The summed E-state index contributed by atoms with van der Waals surface area (Å²) in [7, 11) is 0. The van der Waals surface area contributed by atoms with E-state index < -0.39 is 0 Å². The average molecular weight is 238 g/mol. The molecule has 0 amide bonds. The Morgan fingerprint density at radius 1 is 1.44 bits per heavy atom. The third-order valence-corrected chi connectivity index (χ3v) is 4.58. The summed E-state index contributed by atoms with van der Waals surface area (Å²) < 4.78 is 0. The number of aryl methyl sites for hydroxylation is 1. The van der Waals surface area contributed by atoms with Gasteiger partial charge in [-0.25, -0.2) is 0 Å². The summed E-state index contributed by atoms with van der Waals surface area (Å²) in [6.07, 6.45) is 9.28. The molecule has 3 heteroatoms. The van der Waals surface area contributed by atoms with Crippen LogP contribution in [-0.2, 0) is 6.42 Å². The van der Waals surface area contributed by atoms with E-state index >= 15 is 0 Å². The smallest absolute Gasteiger partial charge is 0.0216 e. The summed E-state index contributed by atoms with van der Waals surface area (Å²) in [4.78, 5) is 1.48. The van der Waals surface area contributed by atoms with Gasteiger partial charge >= 0.3 is 0 Å². The molecule has 0 bridgehead atoms. The van der Waals surface area contributed by atoms with Gasteiger partial charge in [0.15, 0.2) is 0 Å². The summed E-state index contributed by atoms with van der Waals surface area (Å²) in [5, 5.41) is 2.15. The van der Waals surface area contributed by atoms with Crippen molar-refractivity contribution in [2.75, 3.05) is 0 Å². The molecule has 90 valence electrons. The second kappa shape index (κ2) is 6.38. The molecule has 16 heavy (non-hydrogen) atoms. The third kappa shape index (κ3) is 3.58. The summed E-state index contributed by atoms with van der Waals surface area (Å²) >= 11 is 1.85. The zero-order valence-electron chi connectivity index (χ0n) is 9.82. The van der Waals surface area contributed by atoms with Crippen LogP contribution >= 0.6 is 11.3 Å². The molecule has 2 nitrogen and oxygen atoms in total. The lowest BCUT2D eigenvalue weighted by molar-refractivity contribution is 0.376. The maximum atomic E-state index is 5.64. The highest BCUT2D eigenvalue weighted by molar-refractivity contribution is 7.09. The molecule has 1 heterocycles. The van der Waals surface area contributed by atoms with Crippen LogP contribution in [0.2, 0.25) is 0 Å². The van der Waals surface area contributed by atoms with Crippen LogP contribution in [0.15, 0.2) is 17.5 Å². The zero-order chi connectivity index (χ0) is 11.2. The second-order valence-electron chi connectivity index (χ2n) is 4.87. The van der Waals surface area contributed by atoms with Gasteiger partial charge in [0.05, 0.1) is 0 Å². The van der Waals surface area contributed by atoms with Crippen LogP contribution in [0.25, 0.3) is 0 Å². The van der Waals surface area contributed by atoms with Gasteiger partial charge in [-0.05, 0) is 36.6 Å². The first-order valence-corrected chi connectivity index (χ1v) is 7.25. The van der Waals surface area contributed by atoms with Crippen molar-refractivity contribution in [3.05, 3.63) is 22.4 Å². The van der Waals surface area contributed by atoms with Crippen LogP contribution in [0.1, 0.15) is 43.4 Å². The Morgan fingerprint density at radius 3 is 2.88 bits per heavy atom. The Balaban J connectivity index is 1.72. The van der Waals surface area contributed by atoms with Gasteiger partial charge in [-0.2, -0.15) is 0 Å². The van der Waals surface area contributed by atoms with Crippen molar-refractivity contribution in [1.82, 2.24) is 5.43 Å². The Morgan fingerprint density at radius 2 is 2.25 bits per heavy atom. The van der Waals surface area contributed by atoms with Gasteiger partial charge in [-0.15, -0.1) is 11.3 Å². The van der Waals surface area contributed by atoms with Crippen LogP contribution in [0.5, 0.6) is 0 Å². The average Bonchev–Trinajstić information content (AvgIpc) is 2.97. The van der Waals surface area contributed by atoms with Crippen molar-refractivity contribution in [1.29, 1.82) is 0 Å². The van der Waals surface area contributed by atoms with Gasteiger partial charge < -0.3 is 0 Å². The minimum atomic E-state index is 0.505. The lowest BCUT2D eigenvalue weighted by atomic mass is 9.96. The zero-order valence-corrected chi connectivity index (χ0v) is 10.6. The molecule has 0 radical (unpaired) electrons. The third-order valence-electron chi connectivity index (χ3n) is 3.65. The van der Waals surface area contributed by atoms with Gasteiger partial charge in [0.25, 0.3) is 0 Å². The van der Waals surface area contributed by atoms with Gasteiger partial charge in [-0.3, -0.25) is 11.3 Å². The molecule has 0 spiro atoms. The quantitative estimate of drug-likeness (QED) is 0.590. The fourth-order valence-corrected chi connectivity index (χ4v) is 3.41. The first-order valence-electron chi connectivity index (χ1n) is 6.37. The van der Waals surface area contributed by atoms with E-state index in [9.17, 15) is 0 Å². The molecule has 3 N–H and O–H groups in total. The van der Waals surface area contributed by atoms with Crippen molar-refractivity contribution in [3.63, 3.8) is 0 Å². The topological polar surface area (TPSA) is 38.0 Å². The maximum Gasteiger partial charge on any atom is 0.0216 e. The van der Waals surface area contributed by atoms with E-state index in [1.54, 1.807) is 0 Å². The molecule has 2 rings (SSSR count). The predicted molar refractivity (Wildman–Crippen MR) is 70.3 cm³/mol. The minimum Gasteiger partial charge on any atom is -0.271 e. The Kier molecular flexibility index (Phi) is 4.82. The van der Waals surface area contributed by atoms with Gasteiger partial charge in [-0.1, -0.05) is 31.7 Å². The van der Waals surface area contributed by atoms with E-state index in [2.05, 4.69) is 22.9 Å². The number of nitrogens with two attached hydrogens (primary N) is 1. The van der Waals surface area contributed by atoms with Gasteiger partial charge in [0.2, 0.25) is 0 Å². The van der Waals surface area contributed by atoms with Crippen LogP contribution in [0.3, 0.4) is 0 Å². The van der Waals surface area contributed by atoms with Crippen molar-refractivity contribution in [3.8, 4) is 0 Å². The molecule has 1 fully saturated rings. The largest absolute Gasteiger partial charge is 0.271 e. The number of hydrogen-bond acceptors (Lipinski definition) is 3. The molecule has 1 aliphatic rings. The highest BCUT2D eigenvalue weighted by atomic mass is 32.1. The number of nitrogens with one attached hydrogen (secondary N) is 1. The van der Waals surface area contributed by atoms with Crippen LogP contribution in [-0.4, -0.2) is 6.04 Å². The predicted octanol–water partition coefficient (Wildman–Crippen LogP) is 3.09. The normalized spacial score (nSPS) is 19.1. The molecule has 1 aromatic rings. The molecule has 1 saturated carbocycles. The fraction of sp³-hybridized carbons (Fsp3) is 0.692. The maximum absolute atomic E-state index is 5.64. The van der Waals surface area contributed by atoms with Crippen molar-refractivity contribution in [2.45, 2.75) is 51.0 Å². The number of hydrazine groups is 1. The van der Waals surface area contributed by atoms with Crippen molar-refractivity contribution in [2.24, 2.45) is 11.8 Å². The molecule has 0 aromatic carbocycles. The molecular weight excluding hydrogens is 216 g/mol. The van der Waals surface area contributed by atoms with Crippen LogP contribution in [0, 0.1) is 5.92 Å². The summed E-state index contributed by atoms with van der Waals surface area (Å²) in [5.41, 5.74) is 3.00. The van der Waals surface area contributed by atoms with Gasteiger partial charge in [0, 0.05) is 10.9 Å². The molecule has 0 saturated heterocycles. The van der Waals surface area contributed by atoms with E-state index in [4.69, 9.17) is 5.84 Å². The van der Waals surface area contributed by atoms with Crippen LogP contribution < -0.4 is 11.3 Å². The number of rotatable bonds is 6. The first kappa shape index (κ1) is 12.1. The molecular formula is C13H22N2S. The van der Waals surface area contributed by atoms with E-state index in [0.29, 0.717) is 6.04 Å². The van der Waals surface area contributed by atoms with Crippen LogP contribution in [0.4, 0.5) is 0 Å². The summed E-state index contributed by atoms with van der Waals surface area (Å²) in [6, 6.07) is 4.85. The van der Waals surface area contributed by atoms with E-state index in [-0.39, 0.29) is 0 Å². The molecule has 1 aliphatic carbocycles. The summed E-state index contributed by atoms with van der Waals surface area (Å²) in [5.74, 6) is 6.56. The highest BCUT2D eigenvalue weighted by Gasteiger charge is 2.19. The fourth-order valence-electron chi connectivity index (χ4n) is 2.69. The molecule has 1 aromatic heterocycles. The Labute approximate surface area is 102 Å². The van der Waals surface area contributed by atoms with Crippen molar-refractivity contribution < 1.29 is 0 Å². The van der Waals surface area contributed by atoms with E-state index in [1.807, 2.05) is 11.3 Å². The van der Waals surface area contributed by atoms with Gasteiger partial charge in [0.1, 0.15) is 0 Å². The lowest BCUT2D eigenvalue weighted by Crippen LogP contribution is -2.36. The molecule has 0 aliphatic heterocycles. The van der Waals surface area contributed by atoms with E-state index in [0.717, 1.165) is 5.92 Å². The molecule has 1 unspecified atom stereocenters. The molecule has 1 atom stereocenters. The minimum absolute atomic E-state index is 0.505. The second-order valence-corrected chi connectivity index (χ2v) is 5.90. The Hall–Kier alpha value is -0.380. The van der Waals surface area contributed by atoms with Crippen molar-refractivity contribution >= 4 is 11.3 Å². The Bertz CT molecular complexity index is 278. The summed E-state index contributed by atoms with van der Waals surface area (Å²) in [6.45, 7) is 0. The first-order chi connectivity index (χ1) is 7.88. The highest BCUT2D eigenvalue weighted by Crippen LogP contribution is 2.29. The monoisotopic (exact) mass is 238 g/mol. The number of hydrogen-bond donors (Lipinski definition) is 2. The standard InChI is InChI=1S/C13H22N2S/c14-15-12(10-11-4-1-2-5-11)7-8-13-6-3-9-16-13/h3,6,9,11-12,15H,1-2,4-5,7-8,10,14H2.